The van der Waals surface area contributed by atoms with E-state index in [2.05, 4.69) is 41.9 Å². The monoisotopic (exact) mass is 874 g/mol. The van der Waals surface area contributed by atoms with Gasteiger partial charge in [-0.15, -0.1) is 0 Å². The number of primary amides is 2. The first kappa shape index (κ1) is 53.6. The third-order valence-electron chi connectivity index (χ3n) is 8.09. The molecular weight excluding hydrogens is 817 g/mol. The van der Waals surface area contributed by atoms with Gasteiger partial charge < -0.3 is 76.5 Å². The number of carbonyl (C=O) groups excluding carboxylic acids is 8. The van der Waals surface area contributed by atoms with Gasteiger partial charge in [0.25, 0.3) is 0 Å². The lowest BCUT2D eigenvalue weighted by Crippen LogP contribution is -2.60. The van der Waals surface area contributed by atoms with Crippen LogP contribution in [-0.2, 0) is 47.9 Å². The van der Waals surface area contributed by atoms with Crippen LogP contribution >= 0.6 is 11.8 Å². The predicted octanol–water partition coefficient (Wildman–Crippen LogP) is -6.13. The molecular formula is C33H58N14O12S. The molecule has 0 unspecified atom stereocenters. The first-order chi connectivity index (χ1) is 28.1. The summed E-state index contributed by atoms with van der Waals surface area (Å²) < 4.78 is 0. The van der Waals surface area contributed by atoms with Crippen LogP contribution in [0.25, 0.3) is 0 Å². The molecule has 0 saturated heterocycles. The lowest BCUT2D eigenvalue weighted by Gasteiger charge is -2.27. The van der Waals surface area contributed by atoms with E-state index in [1.54, 1.807) is 6.26 Å². The van der Waals surface area contributed by atoms with Crippen LogP contribution < -0.4 is 66.3 Å². The molecule has 0 radical (unpaired) electrons. The quantitative estimate of drug-likeness (QED) is 0.0175. The Morgan fingerprint density at radius 2 is 0.900 bits per heavy atom. The van der Waals surface area contributed by atoms with Crippen molar-refractivity contribution in [2.24, 2.45) is 44.4 Å². The van der Waals surface area contributed by atoms with Gasteiger partial charge in [-0.3, -0.25) is 57.9 Å². The number of thioether (sulfide) groups is 1. The van der Waals surface area contributed by atoms with Crippen molar-refractivity contribution >= 4 is 82.9 Å². The molecule has 0 rings (SSSR count). The Hall–Kier alpha value is -6.41. The van der Waals surface area contributed by atoms with Gasteiger partial charge in [-0.05, 0) is 57.0 Å². The van der Waals surface area contributed by atoms with Gasteiger partial charge in [-0.25, -0.2) is 0 Å². The van der Waals surface area contributed by atoms with Crippen LogP contribution in [0.4, 0.5) is 0 Å². The zero-order valence-corrected chi connectivity index (χ0v) is 34.2. The van der Waals surface area contributed by atoms with Crippen LogP contribution in [0.5, 0.6) is 0 Å². The molecule has 60 heavy (non-hydrogen) atoms. The van der Waals surface area contributed by atoms with Gasteiger partial charge in [-0.1, -0.05) is 0 Å². The SMILES string of the molecule is CSCC[C@@H](NC(=O)[C@H](CCC(N)=O)NC(=O)[C@H](CCCN=C(N)N)NC(=O)[C@H](CCCN=C(N)N)NC(C)=O)C(=O)N[C@@H](CC(=O)O)C(=O)N[C@@H](CCC(=O)O)C(N)=O. The Morgan fingerprint density at radius 3 is 1.28 bits per heavy atom. The number of nitrogens with zero attached hydrogens (tertiary/aromatic N) is 2. The second-order valence-electron chi connectivity index (χ2n) is 13.2. The fourth-order valence-electron chi connectivity index (χ4n) is 5.15. The predicted molar refractivity (Wildman–Crippen MR) is 217 cm³/mol. The minimum Gasteiger partial charge on any atom is -0.481 e. The van der Waals surface area contributed by atoms with Crippen molar-refractivity contribution in [3.05, 3.63) is 0 Å². The van der Waals surface area contributed by atoms with Gasteiger partial charge in [0.15, 0.2) is 11.9 Å². The zero-order valence-electron chi connectivity index (χ0n) is 33.4. The smallest absolute Gasteiger partial charge is 0.305 e. The molecule has 0 fully saturated rings. The number of hydrogen-bond donors (Lipinski definition) is 14. The van der Waals surface area contributed by atoms with E-state index < -0.39 is 128 Å². The molecule has 0 heterocycles. The molecule has 26 nitrogen and oxygen atoms in total. The summed E-state index contributed by atoms with van der Waals surface area (Å²) in [6.07, 6.45) is -0.941. The molecule has 0 spiro atoms. The summed E-state index contributed by atoms with van der Waals surface area (Å²) in [5, 5.41) is 32.7. The second-order valence-corrected chi connectivity index (χ2v) is 14.2. The van der Waals surface area contributed by atoms with E-state index in [0.717, 1.165) is 0 Å². The Balaban J connectivity index is 6.50. The largest absolute Gasteiger partial charge is 0.481 e. The maximum absolute atomic E-state index is 13.8. The number of amides is 8. The Labute approximate surface area is 349 Å². The van der Waals surface area contributed by atoms with Gasteiger partial charge in [-0.2, -0.15) is 11.8 Å². The summed E-state index contributed by atoms with van der Waals surface area (Å²) in [6.45, 7) is 1.33. The summed E-state index contributed by atoms with van der Waals surface area (Å²) >= 11 is 1.25. The highest BCUT2D eigenvalue weighted by atomic mass is 32.2. The average Bonchev–Trinajstić information content (AvgIpc) is 3.14. The highest BCUT2D eigenvalue weighted by Gasteiger charge is 2.34. The van der Waals surface area contributed by atoms with Crippen molar-refractivity contribution in [1.29, 1.82) is 0 Å². The van der Waals surface area contributed by atoms with E-state index in [0.29, 0.717) is 0 Å². The maximum atomic E-state index is 13.8. The Bertz CT molecular complexity index is 1590. The minimum absolute atomic E-state index is 0.0276. The fraction of sp³-hybridized carbons (Fsp3) is 0.636. The average molecular weight is 875 g/mol. The summed E-state index contributed by atoms with van der Waals surface area (Å²) in [6, 6.07) is -8.94. The summed E-state index contributed by atoms with van der Waals surface area (Å²) in [4.78, 5) is 133. The molecule has 20 N–H and O–H groups in total. The standard InChI is InChI=1S/C33H58N14O12S/c1-16(48)42-18(5-3-12-40-32(36)37)27(55)44-19(6-4-13-41-33(38)39)28(56)45-20(7-9-23(34)49)29(57)46-21(11-14-60-2)30(58)47-22(15-25(52)53)31(59)43-17(26(35)54)8-10-24(50)51/h17-22H,3-15H2,1-2H3,(H2,34,49)(H2,35,54)(H,42,48)(H,43,59)(H,44,55)(H,45,56)(H,46,57)(H,47,58)(H,50,51)(H,52,53)(H4,36,37,40)(H4,38,39,41)/t17-,18-,19-,20-,21+,22-/m0/s1. The highest BCUT2D eigenvalue weighted by molar-refractivity contribution is 7.98. The first-order valence-electron chi connectivity index (χ1n) is 18.5. The lowest BCUT2D eigenvalue weighted by molar-refractivity contribution is -0.141. The van der Waals surface area contributed by atoms with Crippen molar-refractivity contribution < 1.29 is 58.2 Å². The third kappa shape index (κ3) is 24.4. The van der Waals surface area contributed by atoms with Gasteiger partial charge in [0.05, 0.1) is 6.42 Å². The van der Waals surface area contributed by atoms with Crippen molar-refractivity contribution in [2.75, 3.05) is 25.1 Å². The van der Waals surface area contributed by atoms with Crippen molar-refractivity contribution in [2.45, 2.75) is 107 Å². The number of hydrogen-bond acceptors (Lipinski definition) is 13. The number of nitrogens with one attached hydrogen (secondary N) is 6. The molecule has 0 aromatic carbocycles. The molecule has 8 amide bonds. The Morgan fingerprint density at radius 1 is 0.517 bits per heavy atom. The van der Waals surface area contributed by atoms with E-state index in [1.165, 1.54) is 18.7 Å². The molecule has 0 aromatic rings. The molecule has 27 heteroatoms. The summed E-state index contributed by atoms with van der Waals surface area (Å²) in [5.74, 6) is -10.6. The zero-order chi connectivity index (χ0) is 45.9. The molecule has 0 saturated carbocycles. The second kappa shape index (κ2) is 28.9. The van der Waals surface area contributed by atoms with E-state index in [1.807, 2.05) is 0 Å². The van der Waals surface area contributed by atoms with Crippen LogP contribution in [0.1, 0.15) is 71.1 Å². The lowest BCUT2D eigenvalue weighted by atomic mass is 10.0. The molecule has 0 aromatic heterocycles. The van der Waals surface area contributed by atoms with Crippen molar-refractivity contribution in [3.8, 4) is 0 Å². The van der Waals surface area contributed by atoms with E-state index in [-0.39, 0.29) is 62.9 Å². The van der Waals surface area contributed by atoms with E-state index in [4.69, 9.17) is 39.5 Å². The molecule has 0 aliphatic rings. The summed E-state index contributed by atoms with van der Waals surface area (Å²) in [7, 11) is 0. The number of carbonyl (C=O) groups is 10. The number of carboxylic acid groups (broad SMARTS) is 2. The summed E-state index contributed by atoms with van der Waals surface area (Å²) in [5.41, 5.74) is 32.1. The van der Waals surface area contributed by atoms with Crippen LogP contribution in [0, 0.1) is 0 Å². The number of rotatable bonds is 31. The first-order valence-corrected chi connectivity index (χ1v) is 19.9. The number of carboxylic acids is 2. The van der Waals surface area contributed by atoms with Crippen molar-refractivity contribution in [1.82, 2.24) is 31.9 Å². The Kier molecular flexibility index (Phi) is 25.8. The van der Waals surface area contributed by atoms with Gasteiger partial charge in [0, 0.05) is 32.9 Å². The van der Waals surface area contributed by atoms with Gasteiger partial charge >= 0.3 is 11.9 Å². The molecule has 0 aliphatic carbocycles. The molecule has 0 bridgehead atoms. The normalized spacial score (nSPS) is 13.6. The minimum atomic E-state index is -1.84. The van der Waals surface area contributed by atoms with Crippen molar-refractivity contribution in [3.63, 3.8) is 0 Å². The molecule has 0 aliphatic heterocycles. The third-order valence-corrected chi connectivity index (χ3v) is 8.74. The number of guanidine groups is 2. The fourth-order valence-corrected chi connectivity index (χ4v) is 5.62. The molecule has 6 atom stereocenters. The highest BCUT2D eigenvalue weighted by Crippen LogP contribution is 2.09. The number of nitrogens with two attached hydrogens (primary N) is 6. The van der Waals surface area contributed by atoms with Crippen LogP contribution in [0.2, 0.25) is 0 Å². The van der Waals surface area contributed by atoms with Crippen LogP contribution in [0.15, 0.2) is 9.98 Å². The maximum Gasteiger partial charge on any atom is 0.305 e. The van der Waals surface area contributed by atoms with E-state index in [9.17, 15) is 53.1 Å². The van der Waals surface area contributed by atoms with E-state index >= 15 is 0 Å². The number of aliphatic carboxylic acids is 2. The topological polar surface area (TPSA) is 464 Å². The molecule has 338 valence electrons. The van der Waals surface area contributed by atoms with Gasteiger partial charge in [0.2, 0.25) is 47.3 Å². The van der Waals surface area contributed by atoms with Crippen LogP contribution in [0.3, 0.4) is 0 Å². The van der Waals surface area contributed by atoms with Crippen LogP contribution in [-0.4, -0.2) is 143 Å². The number of aliphatic imine (C=N–C) groups is 2. The van der Waals surface area contributed by atoms with Gasteiger partial charge in [0.1, 0.15) is 36.3 Å².